The van der Waals surface area contributed by atoms with Crippen molar-refractivity contribution in [2.45, 2.75) is 6.92 Å². The summed E-state index contributed by atoms with van der Waals surface area (Å²) in [6, 6.07) is 5.86. The average molecular weight is 254 g/mol. The third kappa shape index (κ3) is 1.48. The number of anilines is 1. The summed E-state index contributed by atoms with van der Waals surface area (Å²) in [5, 5.41) is 10.9. The molecule has 0 unspecified atom stereocenters. The number of aromatic nitrogens is 4. The maximum Gasteiger partial charge on any atom is 0.245 e. The first kappa shape index (κ1) is 9.14. The summed E-state index contributed by atoms with van der Waals surface area (Å²) in [7, 11) is 0. The number of tetrazole rings is 1. The Balaban J connectivity index is 2.58. The molecule has 1 aromatic heterocycles. The summed E-state index contributed by atoms with van der Waals surface area (Å²) in [6.07, 6.45) is 0. The third-order valence-corrected chi connectivity index (χ3v) is 2.46. The highest BCUT2D eigenvalue weighted by molar-refractivity contribution is 9.10. The molecule has 72 valence electrons. The van der Waals surface area contributed by atoms with Gasteiger partial charge < -0.3 is 5.73 Å². The van der Waals surface area contributed by atoms with E-state index in [-0.39, 0.29) is 5.95 Å². The van der Waals surface area contributed by atoms with Crippen molar-refractivity contribution in [1.82, 2.24) is 20.2 Å². The second kappa shape index (κ2) is 3.38. The molecule has 0 radical (unpaired) electrons. The fourth-order valence-corrected chi connectivity index (χ4v) is 1.81. The van der Waals surface area contributed by atoms with Crippen LogP contribution in [0.4, 0.5) is 5.95 Å². The van der Waals surface area contributed by atoms with E-state index in [2.05, 4.69) is 31.5 Å². The Morgan fingerprint density at radius 3 is 2.79 bits per heavy atom. The van der Waals surface area contributed by atoms with Gasteiger partial charge in [-0.1, -0.05) is 11.2 Å². The number of hydrogen-bond acceptors (Lipinski definition) is 4. The van der Waals surface area contributed by atoms with Crippen molar-refractivity contribution in [3.63, 3.8) is 0 Å². The molecule has 5 nitrogen and oxygen atoms in total. The van der Waals surface area contributed by atoms with Gasteiger partial charge in [0.25, 0.3) is 0 Å². The Morgan fingerprint density at radius 1 is 1.43 bits per heavy atom. The predicted molar refractivity (Wildman–Crippen MR) is 56.0 cm³/mol. The minimum Gasteiger partial charge on any atom is -0.366 e. The molecular weight excluding hydrogens is 246 g/mol. The van der Waals surface area contributed by atoms with Gasteiger partial charge in [0.2, 0.25) is 5.95 Å². The monoisotopic (exact) mass is 253 g/mol. The number of nitrogen functional groups attached to an aromatic ring is 1. The number of nitrogens with two attached hydrogens (primary N) is 1. The molecule has 0 aliphatic rings. The molecule has 2 aromatic rings. The number of benzene rings is 1. The highest BCUT2D eigenvalue weighted by atomic mass is 79.9. The molecule has 0 spiro atoms. The molecule has 0 bridgehead atoms. The van der Waals surface area contributed by atoms with Gasteiger partial charge in [-0.25, -0.2) is 0 Å². The zero-order valence-corrected chi connectivity index (χ0v) is 9.06. The average Bonchev–Trinajstić information content (AvgIpc) is 2.52. The van der Waals surface area contributed by atoms with Gasteiger partial charge in [-0.05, 0) is 51.0 Å². The van der Waals surface area contributed by atoms with Crippen molar-refractivity contribution in [2.24, 2.45) is 0 Å². The lowest BCUT2D eigenvalue weighted by atomic mass is 10.2. The first-order valence-electron chi connectivity index (χ1n) is 3.99. The van der Waals surface area contributed by atoms with Crippen LogP contribution in [0.3, 0.4) is 0 Å². The van der Waals surface area contributed by atoms with E-state index in [4.69, 9.17) is 5.73 Å². The van der Waals surface area contributed by atoms with Crippen molar-refractivity contribution in [1.29, 1.82) is 0 Å². The summed E-state index contributed by atoms with van der Waals surface area (Å²) in [6.45, 7) is 2.01. The van der Waals surface area contributed by atoms with Gasteiger partial charge >= 0.3 is 0 Å². The Hall–Kier alpha value is -1.43. The number of rotatable bonds is 1. The Kier molecular flexibility index (Phi) is 2.20. The molecule has 0 saturated heterocycles. The lowest BCUT2D eigenvalue weighted by Crippen LogP contribution is -2.03. The molecule has 14 heavy (non-hydrogen) atoms. The first-order chi connectivity index (χ1) is 6.68. The van der Waals surface area contributed by atoms with Gasteiger partial charge in [0.1, 0.15) is 0 Å². The van der Waals surface area contributed by atoms with Crippen molar-refractivity contribution < 1.29 is 0 Å². The largest absolute Gasteiger partial charge is 0.366 e. The highest BCUT2D eigenvalue weighted by Crippen LogP contribution is 2.22. The lowest BCUT2D eigenvalue weighted by Gasteiger charge is -2.04. The molecule has 2 N–H and O–H groups in total. The summed E-state index contributed by atoms with van der Waals surface area (Å²) < 4.78 is 2.39. The summed E-state index contributed by atoms with van der Waals surface area (Å²) >= 11 is 3.43. The second-order valence-corrected chi connectivity index (χ2v) is 3.76. The normalized spacial score (nSPS) is 10.4. The van der Waals surface area contributed by atoms with Gasteiger partial charge in [0.15, 0.2) is 0 Å². The van der Waals surface area contributed by atoms with Crippen LogP contribution < -0.4 is 5.73 Å². The maximum atomic E-state index is 5.59. The molecule has 0 atom stereocenters. The zero-order valence-electron chi connectivity index (χ0n) is 7.48. The van der Waals surface area contributed by atoms with Crippen LogP contribution in [0.1, 0.15) is 5.56 Å². The minimum atomic E-state index is 0.273. The summed E-state index contributed by atoms with van der Waals surface area (Å²) in [5.41, 5.74) is 7.58. The third-order valence-electron chi connectivity index (χ3n) is 1.82. The van der Waals surface area contributed by atoms with Crippen molar-refractivity contribution in [3.05, 3.63) is 28.2 Å². The van der Waals surface area contributed by atoms with E-state index >= 15 is 0 Å². The summed E-state index contributed by atoms with van der Waals surface area (Å²) in [4.78, 5) is 0. The molecular formula is C8H8BrN5. The van der Waals surface area contributed by atoms with Crippen LogP contribution in [-0.2, 0) is 0 Å². The van der Waals surface area contributed by atoms with E-state index in [0.29, 0.717) is 0 Å². The molecule has 0 saturated carbocycles. The molecule has 2 rings (SSSR count). The van der Waals surface area contributed by atoms with E-state index < -0.39 is 0 Å². The first-order valence-corrected chi connectivity index (χ1v) is 4.78. The molecule has 6 heteroatoms. The zero-order chi connectivity index (χ0) is 10.1. The van der Waals surface area contributed by atoms with E-state index in [1.807, 2.05) is 25.1 Å². The number of nitrogens with zero attached hydrogens (tertiary/aromatic N) is 4. The molecule has 1 aromatic carbocycles. The fourth-order valence-electron chi connectivity index (χ4n) is 1.15. The van der Waals surface area contributed by atoms with Crippen LogP contribution in [0.25, 0.3) is 5.69 Å². The number of aryl methyl sites for hydroxylation is 1. The standard InChI is InChI=1S/C8H8BrN5/c1-5-2-3-7(6(9)4-5)14-8(10)11-12-13-14/h2-4H,1H3,(H2,10,11,13). The van der Waals surface area contributed by atoms with E-state index in [0.717, 1.165) is 15.7 Å². The fraction of sp³-hybridized carbons (Fsp3) is 0.125. The highest BCUT2D eigenvalue weighted by Gasteiger charge is 2.07. The van der Waals surface area contributed by atoms with Crippen molar-refractivity contribution in [3.8, 4) is 5.69 Å². The van der Waals surface area contributed by atoms with E-state index in [1.54, 1.807) is 0 Å². The van der Waals surface area contributed by atoms with Crippen LogP contribution in [0.15, 0.2) is 22.7 Å². The molecule has 0 amide bonds. The Morgan fingerprint density at radius 2 is 2.21 bits per heavy atom. The van der Waals surface area contributed by atoms with Crippen molar-refractivity contribution in [2.75, 3.05) is 5.73 Å². The van der Waals surface area contributed by atoms with Crippen LogP contribution in [0, 0.1) is 6.92 Å². The van der Waals surface area contributed by atoms with Crippen molar-refractivity contribution >= 4 is 21.9 Å². The second-order valence-electron chi connectivity index (χ2n) is 2.90. The number of hydrogen-bond donors (Lipinski definition) is 1. The predicted octanol–water partition coefficient (Wildman–Crippen LogP) is 1.32. The van der Waals surface area contributed by atoms with E-state index in [9.17, 15) is 0 Å². The molecule has 0 aliphatic carbocycles. The maximum absolute atomic E-state index is 5.59. The number of halogens is 1. The SMILES string of the molecule is Cc1ccc(-n2nnnc2N)c(Br)c1. The van der Waals surface area contributed by atoms with E-state index in [1.165, 1.54) is 4.68 Å². The van der Waals surface area contributed by atoms with Crippen LogP contribution in [0.2, 0.25) is 0 Å². The Labute approximate surface area is 89.0 Å². The van der Waals surface area contributed by atoms with Gasteiger partial charge in [-0.3, -0.25) is 0 Å². The molecule has 0 fully saturated rings. The van der Waals surface area contributed by atoms with Crippen LogP contribution >= 0.6 is 15.9 Å². The quantitative estimate of drug-likeness (QED) is 0.833. The van der Waals surface area contributed by atoms with Gasteiger partial charge in [0, 0.05) is 4.47 Å². The minimum absolute atomic E-state index is 0.273. The smallest absolute Gasteiger partial charge is 0.245 e. The molecule has 1 heterocycles. The Bertz CT molecular complexity index is 465. The molecule has 0 aliphatic heterocycles. The van der Waals surface area contributed by atoms with Crippen LogP contribution in [-0.4, -0.2) is 20.2 Å². The topological polar surface area (TPSA) is 69.6 Å². The van der Waals surface area contributed by atoms with Gasteiger partial charge in [-0.2, -0.15) is 4.68 Å². The lowest BCUT2D eigenvalue weighted by molar-refractivity contribution is 0.789. The van der Waals surface area contributed by atoms with Gasteiger partial charge in [0.05, 0.1) is 5.69 Å². The summed E-state index contributed by atoms with van der Waals surface area (Å²) in [5.74, 6) is 0.273. The van der Waals surface area contributed by atoms with Crippen LogP contribution in [0.5, 0.6) is 0 Å². The van der Waals surface area contributed by atoms with Gasteiger partial charge in [-0.15, -0.1) is 0 Å².